The number of likely N-dealkylation sites (N-methyl/N-ethyl adjacent to an activating group) is 1. The number of carbonyl (C=O) groups excluding carboxylic acids is 1. The molecule has 0 saturated heterocycles. The van der Waals surface area contributed by atoms with Gasteiger partial charge in [0.25, 0.3) is 0 Å². The maximum atomic E-state index is 12.1. The van der Waals surface area contributed by atoms with Gasteiger partial charge in [-0.3, -0.25) is 4.79 Å². The van der Waals surface area contributed by atoms with E-state index in [9.17, 15) is 4.79 Å². The topological polar surface area (TPSA) is 55.6 Å². The number of ether oxygens (including phenoxy) is 1. The maximum absolute atomic E-state index is 12.1. The van der Waals surface area contributed by atoms with Gasteiger partial charge in [0.15, 0.2) is 0 Å². The van der Waals surface area contributed by atoms with E-state index in [1.54, 1.807) is 0 Å². The molecule has 0 bridgehead atoms. The summed E-state index contributed by atoms with van der Waals surface area (Å²) in [5.74, 6) is 1.70. The lowest BCUT2D eigenvalue weighted by molar-refractivity contribution is -0.130. The number of benzene rings is 1. The van der Waals surface area contributed by atoms with Crippen molar-refractivity contribution in [2.75, 3.05) is 13.1 Å². The average molecular weight is 316 g/mol. The Morgan fingerprint density at radius 2 is 1.83 bits per heavy atom. The number of hydrogen-bond acceptors (Lipinski definition) is 4. The molecule has 2 rings (SSSR count). The maximum Gasteiger partial charge on any atom is 0.226 e. The van der Waals surface area contributed by atoms with Crippen LogP contribution in [0.15, 0.2) is 28.8 Å². The first-order valence-electron chi connectivity index (χ1n) is 7.96. The fraction of sp³-hybridized carbons (Fsp3) is 0.444. The van der Waals surface area contributed by atoms with Gasteiger partial charge >= 0.3 is 0 Å². The Bertz CT molecular complexity index is 623. The second-order valence-corrected chi connectivity index (χ2v) is 5.48. The summed E-state index contributed by atoms with van der Waals surface area (Å²) in [4.78, 5) is 13.9. The summed E-state index contributed by atoms with van der Waals surface area (Å²) in [6.45, 7) is 9.68. The Morgan fingerprint density at radius 3 is 2.35 bits per heavy atom. The van der Waals surface area contributed by atoms with Crippen LogP contribution in [0.1, 0.15) is 36.4 Å². The zero-order chi connectivity index (χ0) is 16.8. The van der Waals surface area contributed by atoms with E-state index in [4.69, 9.17) is 9.26 Å². The predicted octanol–water partition coefficient (Wildman–Crippen LogP) is 3.28. The number of rotatable bonds is 7. The fourth-order valence-corrected chi connectivity index (χ4v) is 2.43. The summed E-state index contributed by atoms with van der Waals surface area (Å²) < 4.78 is 10.9. The van der Waals surface area contributed by atoms with Gasteiger partial charge in [-0.25, -0.2) is 0 Å². The zero-order valence-electron chi connectivity index (χ0n) is 14.3. The van der Waals surface area contributed by atoms with Crippen LogP contribution in [-0.4, -0.2) is 29.1 Å². The van der Waals surface area contributed by atoms with Crippen LogP contribution in [0.4, 0.5) is 0 Å². The van der Waals surface area contributed by atoms with Crippen LogP contribution in [0.25, 0.3) is 0 Å². The number of amides is 1. The van der Waals surface area contributed by atoms with Gasteiger partial charge in [-0.05, 0) is 45.4 Å². The summed E-state index contributed by atoms with van der Waals surface area (Å²) in [5.41, 5.74) is 2.82. The Hall–Kier alpha value is -2.30. The van der Waals surface area contributed by atoms with E-state index in [1.807, 2.05) is 56.9 Å². The molecule has 1 aromatic heterocycles. The van der Waals surface area contributed by atoms with E-state index in [0.29, 0.717) is 13.0 Å². The molecule has 0 unspecified atom stereocenters. The van der Waals surface area contributed by atoms with Crippen molar-refractivity contribution >= 4 is 5.91 Å². The van der Waals surface area contributed by atoms with Crippen LogP contribution in [-0.2, 0) is 17.8 Å². The van der Waals surface area contributed by atoms with E-state index in [1.165, 1.54) is 0 Å². The number of aromatic nitrogens is 1. The van der Waals surface area contributed by atoms with Crippen LogP contribution < -0.4 is 4.74 Å². The molecule has 5 nitrogen and oxygen atoms in total. The lowest BCUT2D eigenvalue weighted by Crippen LogP contribution is -2.31. The highest BCUT2D eigenvalue weighted by atomic mass is 16.5. The lowest BCUT2D eigenvalue weighted by atomic mass is 10.1. The van der Waals surface area contributed by atoms with E-state index in [-0.39, 0.29) is 5.91 Å². The second-order valence-electron chi connectivity index (χ2n) is 5.48. The molecule has 0 atom stereocenters. The molecule has 0 fully saturated rings. The Morgan fingerprint density at radius 1 is 1.17 bits per heavy atom. The molecule has 1 amide bonds. The molecule has 0 spiro atoms. The van der Waals surface area contributed by atoms with Gasteiger partial charge in [0, 0.05) is 13.1 Å². The summed E-state index contributed by atoms with van der Waals surface area (Å²) in [6, 6.07) is 7.65. The SMILES string of the molecule is CCN(CC)C(=O)Cc1ccc(OCc2c(C)noc2C)cc1. The highest BCUT2D eigenvalue weighted by Gasteiger charge is 2.11. The zero-order valence-corrected chi connectivity index (χ0v) is 14.3. The van der Waals surface area contributed by atoms with Gasteiger partial charge < -0.3 is 14.2 Å². The quantitative estimate of drug-likeness (QED) is 0.786. The number of carbonyl (C=O) groups is 1. The molecule has 0 aliphatic rings. The standard InChI is InChI=1S/C18H24N2O3/c1-5-20(6-2)18(21)11-15-7-9-16(10-8-15)22-12-17-13(3)19-23-14(17)4/h7-10H,5-6,11-12H2,1-4H3. The van der Waals surface area contributed by atoms with E-state index in [0.717, 1.165) is 41.4 Å². The average Bonchev–Trinajstić information content (AvgIpc) is 2.86. The van der Waals surface area contributed by atoms with E-state index < -0.39 is 0 Å². The van der Waals surface area contributed by atoms with Crippen molar-refractivity contribution in [1.82, 2.24) is 10.1 Å². The molecule has 0 aliphatic heterocycles. The highest BCUT2D eigenvalue weighted by molar-refractivity contribution is 5.78. The van der Waals surface area contributed by atoms with Crippen molar-refractivity contribution < 1.29 is 14.1 Å². The molecule has 23 heavy (non-hydrogen) atoms. The monoisotopic (exact) mass is 316 g/mol. The summed E-state index contributed by atoms with van der Waals surface area (Å²) in [7, 11) is 0. The molecule has 1 aromatic carbocycles. The number of hydrogen-bond donors (Lipinski definition) is 0. The van der Waals surface area contributed by atoms with Crippen molar-refractivity contribution in [2.24, 2.45) is 0 Å². The molecule has 0 N–H and O–H groups in total. The molecule has 124 valence electrons. The second kappa shape index (κ2) is 7.81. The lowest BCUT2D eigenvalue weighted by Gasteiger charge is -2.18. The first kappa shape index (κ1) is 17.1. The van der Waals surface area contributed by atoms with Crippen molar-refractivity contribution in [3.8, 4) is 5.75 Å². The van der Waals surface area contributed by atoms with Gasteiger partial charge in [0.05, 0.1) is 17.7 Å². The van der Waals surface area contributed by atoms with Crippen LogP contribution in [0.3, 0.4) is 0 Å². The summed E-state index contributed by atoms with van der Waals surface area (Å²) >= 11 is 0. The molecule has 2 aromatic rings. The van der Waals surface area contributed by atoms with E-state index in [2.05, 4.69) is 5.16 Å². The molecule has 0 saturated carbocycles. The van der Waals surface area contributed by atoms with Gasteiger partial charge in [-0.15, -0.1) is 0 Å². The third-order valence-corrected chi connectivity index (χ3v) is 3.96. The Labute approximate surface area is 137 Å². The Balaban J connectivity index is 1.93. The number of nitrogens with zero attached hydrogens (tertiary/aromatic N) is 2. The minimum Gasteiger partial charge on any atom is -0.489 e. The fourth-order valence-electron chi connectivity index (χ4n) is 2.43. The first-order chi connectivity index (χ1) is 11.0. The molecule has 0 aliphatic carbocycles. The molecular formula is C18H24N2O3. The molecule has 5 heteroatoms. The van der Waals surface area contributed by atoms with Crippen molar-refractivity contribution in [3.05, 3.63) is 46.8 Å². The van der Waals surface area contributed by atoms with Gasteiger partial charge in [-0.2, -0.15) is 0 Å². The van der Waals surface area contributed by atoms with Gasteiger partial charge in [0.1, 0.15) is 18.1 Å². The van der Waals surface area contributed by atoms with Gasteiger partial charge in [-0.1, -0.05) is 17.3 Å². The third kappa shape index (κ3) is 4.34. The van der Waals surface area contributed by atoms with Crippen LogP contribution in [0, 0.1) is 13.8 Å². The van der Waals surface area contributed by atoms with E-state index >= 15 is 0 Å². The first-order valence-corrected chi connectivity index (χ1v) is 7.96. The third-order valence-electron chi connectivity index (χ3n) is 3.96. The molecular weight excluding hydrogens is 292 g/mol. The summed E-state index contributed by atoms with van der Waals surface area (Å²) in [6.07, 6.45) is 0.422. The van der Waals surface area contributed by atoms with Crippen LogP contribution in [0.2, 0.25) is 0 Å². The minimum absolute atomic E-state index is 0.152. The Kier molecular flexibility index (Phi) is 5.79. The van der Waals surface area contributed by atoms with Crippen molar-refractivity contribution in [3.63, 3.8) is 0 Å². The highest BCUT2D eigenvalue weighted by Crippen LogP contribution is 2.18. The summed E-state index contributed by atoms with van der Waals surface area (Å²) in [5, 5.41) is 3.91. The smallest absolute Gasteiger partial charge is 0.226 e. The van der Waals surface area contributed by atoms with Gasteiger partial charge in [0.2, 0.25) is 5.91 Å². The van der Waals surface area contributed by atoms with Crippen LogP contribution in [0.5, 0.6) is 5.75 Å². The van der Waals surface area contributed by atoms with Crippen LogP contribution >= 0.6 is 0 Å². The minimum atomic E-state index is 0.152. The molecule has 1 heterocycles. The normalized spacial score (nSPS) is 10.6. The largest absolute Gasteiger partial charge is 0.489 e. The van der Waals surface area contributed by atoms with Crippen molar-refractivity contribution in [1.29, 1.82) is 0 Å². The molecule has 0 radical (unpaired) electrons. The van der Waals surface area contributed by atoms with Crippen molar-refractivity contribution in [2.45, 2.75) is 40.7 Å². The predicted molar refractivity (Wildman–Crippen MR) is 88.4 cm³/mol. The number of aryl methyl sites for hydroxylation is 2.